The highest BCUT2D eigenvalue weighted by molar-refractivity contribution is 9.11. The molecule has 5 heteroatoms. The fraction of sp³-hybridized carbons (Fsp3) is 0.571. The van der Waals surface area contributed by atoms with Gasteiger partial charge in [0.25, 0.3) is 0 Å². The van der Waals surface area contributed by atoms with Crippen LogP contribution >= 0.6 is 15.9 Å². The Morgan fingerprint density at radius 1 is 1.16 bits per heavy atom. The molecule has 0 saturated heterocycles. The van der Waals surface area contributed by atoms with Crippen LogP contribution in [0.4, 0.5) is 0 Å². The summed E-state index contributed by atoms with van der Waals surface area (Å²) in [7, 11) is 2.52. The molecule has 0 spiro atoms. The van der Waals surface area contributed by atoms with E-state index in [9.17, 15) is 9.59 Å². The number of halogens is 1. The van der Waals surface area contributed by atoms with Crippen molar-refractivity contribution in [3.63, 3.8) is 0 Å². The first-order chi connectivity index (χ1) is 8.97. The Kier molecular flexibility index (Phi) is 9.21. The van der Waals surface area contributed by atoms with E-state index >= 15 is 0 Å². The first-order valence-electron chi connectivity index (χ1n) is 6.08. The van der Waals surface area contributed by atoms with Crippen molar-refractivity contribution in [3.05, 3.63) is 23.7 Å². The molecule has 0 aromatic rings. The quantitative estimate of drug-likeness (QED) is 0.369. The van der Waals surface area contributed by atoms with Gasteiger partial charge in [-0.1, -0.05) is 28.6 Å². The number of carbonyl (C=O) groups excluding carboxylic acids is 2. The molecule has 1 unspecified atom stereocenters. The molecule has 0 rings (SSSR count). The van der Waals surface area contributed by atoms with Gasteiger partial charge in [-0.05, 0) is 36.1 Å². The van der Waals surface area contributed by atoms with Gasteiger partial charge in [0, 0.05) is 0 Å². The van der Waals surface area contributed by atoms with Crippen molar-refractivity contribution in [1.82, 2.24) is 0 Å². The maximum Gasteiger partial charge on any atom is 0.320 e. The minimum absolute atomic E-state index is 0.190. The van der Waals surface area contributed by atoms with Gasteiger partial charge in [0.15, 0.2) is 5.92 Å². The number of esters is 2. The van der Waals surface area contributed by atoms with Crippen LogP contribution in [-0.2, 0) is 19.1 Å². The summed E-state index contributed by atoms with van der Waals surface area (Å²) in [5.41, 5.74) is 0. The van der Waals surface area contributed by atoms with Crippen LogP contribution in [0.25, 0.3) is 0 Å². The Labute approximate surface area is 123 Å². The number of hydrogen-bond acceptors (Lipinski definition) is 4. The standard InChI is InChI=1S/C14H21BrO4/c1-5-6-7-11(10(2)15)8-9-12(13(16)18-3)14(17)19-4/h5,11-12H,1-2,6-9H2,3-4H3. The molecule has 0 aromatic carbocycles. The summed E-state index contributed by atoms with van der Waals surface area (Å²) in [5.74, 6) is -1.80. The van der Waals surface area contributed by atoms with Gasteiger partial charge < -0.3 is 9.47 Å². The zero-order valence-corrected chi connectivity index (χ0v) is 13.1. The molecule has 0 saturated carbocycles. The summed E-state index contributed by atoms with van der Waals surface area (Å²) >= 11 is 3.37. The molecule has 0 amide bonds. The fourth-order valence-electron chi connectivity index (χ4n) is 1.76. The Morgan fingerprint density at radius 2 is 1.68 bits per heavy atom. The van der Waals surface area contributed by atoms with Crippen LogP contribution in [0.5, 0.6) is 0 Å². The summed E-state index contributed by atoms with van der Waals surface area (Å²) in [6.07, 6.45) is 4.61. The van der Waals surface area contributed by atoms with Gasteiger partial charge in [0.05, 0.1) is 14.2 Å². The molecule has 0 aliphatic carbocycles. The maximum atomic E-state index is 11.5. The molecule has 0 aliphatic heterocycles. The average molecular weight is 333 g/mol. The lowest BCUT2D eigenvalue weighted by Crippen LogP contribution is -2.27. The molecular formula is C14H21BrO4. The lowest BCUT2D eigenvalue weighted by Gasteiger charge is -2.18. The molecule has 0 radical (unpaired) electrons. The van der Waals surface area contributed by atoms with Crippen molar-refractivity contribution in [1.29, 1.82) is 0 Å². The summed E-state index contributed by atoms with van der Waals surface area (Å²) in [6, 6.07) is 0. The summed E-state index contributed by atoms with van der Waals surface area (Å²) < 4.78 is 10.1. The smallest absolute Gasteiger partial charge is 0.320 e. The number of carbonyl (C=O) groups is 2. The summed E-state index contributed by atoms with van der Waals surface area (Å²) in [4.78, 5) is 23.1. The van der Waals surface area contributed by atoms with E-state index in [2.05, 4.69) is 38.6 Å². The fourth-order valence-corrected chi connectivity index (χ4v) is 2.22. The van der Waals surface area contributed by atoms with E-state index in [0.717, 1.165) is 17.3 Å². The minimum atomic E-state index is -0.868. The Bertz CT molecular complexity index is 322. The zero-order valence-electron chi connectivity index (χ0n) is 11.5. The van der Waals surface area contributed by atoms with Gasteiger partial charge in [-0.2, -0.15) is 0 Å². The van der Waals surface area contributed by atoms with Crippen molar-refractivity contribution in [2.24, 2.45) is 11.8 Å². The van der Waals surface area contributed by atoms with E-state index < -0.39 is 17.9 Å². The van der Waals surface area contributed by atoms with Crippen LogP contribution in [0.1, 0.15) is 25.7 Å². The molecule has 0 N–H and O–H groups in total. The van der Waals surface area contributed by atoms with E-state index in [1.807, 2.05) is 6.08 Å². The second kappa shape index (κ2) is 9.78. The van der Waals surface area contributed by atoms with Crippen LogP contribution < -0.4 is 0 Å². The summed E-state index contributed by atoms with van der Waals surface area (Å²) in [5, 5.41) is 0. The highest BCUT2D eigenvalue weighted by atomic mass is 79.9. The molecule has 4 nitrogen and oxygen atoms in total. The highest BCUT2D eigenvalue weighted by Crippen LogP contribution is 2.28. The monoisotopic (exact) mass is 332 g/mol. The predicted molar refractivity (Wildman–Crippen MR) is 77.7 cm³/mol. The van der Waals surface area contributed by atoms with E-state index in [-0.39, 0.29) is 5.92 Å². The lowest BCUT2D eigenvalue weighted by molar-refractivity contribution is -0.159. The Balaban J connectivity index is 4.57. The maximum absolute atomic E-state index is 11.5. The molecular weight excluding hydrogens is 312 g/mol. The largest absolute Gasteiger partial charge is 0.468 e. The number of rotatable bonds is 9. The average Bonchev–Trinajstić information content (AvgIpc) is 2.40. The van der Waals surface area contributed by atoms with Gasteiger partial charge in [0.1, 0.15) is 0 Å². The van der Waals surface area contributed by atoms with Gasteiger partial charge in [-0.3, -0.25) is 9.59 Å². The third-order valence-electron chi connectivity index (χ3n) is 2.94. The van der Waals surface area contributed by atoms with Crippen LogP contribution in [-0.4, -0.2) is 26.2 Å². The molecule has 19 heavy (non-hydrogen) atoms. The molecule has 0 bridgehead atoms. The number of allylic oxidation sites excluding steroid dienone is 2. The van der Waals surface area contributed by atoms with Crippen molar-refractivity contribution in [2.75, 3.05) is 14.2 Å². The van der Waals surface area contributed by atoms with Gasteiger partial charge >= 0.3 is 11.9 Å². The Hall–Kier alpha value is -1.10. The number of ether oxygens (including phenoxy) is 2. The third kappa shape index (κ3) is 6.57. The van der Waals surface area contributed by atoms with Crippen molar-refractivity contribution >= 4 is 27.9 Å². The molecule has 0 aliphatic rings. The first-order valence-corrected chi connectivity index (χ1v) is 6.88. The van der Waals surface area contributed by atoms with Gasteiger partial charge in [0.2, 0.25) is 0 Å². The Morgan fingerprint density at radius 3 is 2.05 bits per heavy atom. The topological polar surface area (TPSA) is 52.6 Å². The molecule has 1 atom stereocenters. The van der Waals surface area contributed by atoms with E-state index in [1.165, 1.54) is 14.2 Å². The minimum Gasteiger partial charge on any atom is -0.468 e. The first kappa shape index (κ1) is 17.9. The van der Waals surface area contributed by atoms with E-state index in [4.69, 9.17) is 0 Å². The number of hydrogen-bond donors (Lipinski definition) is 0. The van der Waals surface area contributed by atoms with Crippen molar-refractivity contribution in [2.45, 2.75) is 25.7 Å². The second-order valence-electron chi connectivity index (χ2n) is 4.19. The van der Waals surface area contributed by atoms with Crippen molar-refractivity contribution in [3.8, 4) is 0 Å². The molecule has 0 heterocycles. The van der Waals surface area contributed by atoms with Crippen molar-refractivity contribution < 1.29 is 19.1 Å². The van der Waals surface area contributed by atoms with Gasteiger partial charge in [-0.15, -0.1) is 6.58 Å². The van der Waals surface area contributed by atoms with Gasteiger partial charge in [-0.25, -0.2) is 0 Å². The van der Waals surface area contributed by atoms with Crippen LogP contribution in [0.3, 0.4) is 0 Å². The predicted octanol–water partition coefficient (Wildman–Crippen LogP) is 3.22. The van der Waals surface area contributed by atoms with Crippen LogP contribution in [0.2, 0.25) is 0 Å². The molecule has 108 valence electrons. The highest BCUT2D eigenvalue weighted by Gasteiger charge is 2.29. The van der Waals surface area contributed by atoms with Crippen LogP contribution in [0.15, 0.2) is 23.7 Å². The summed E-state index contributed by atoms with van der Waals surface area (Å²) in [6.45, 7) is 7.54. The van der Waals surface area contributed by atoms with E-state index in [0.29, 0.717) is 12.8 Å². The second-order valence-corrected chi connectivity index (χ2v) is 5.20. The normalized spacial score (nSPS) is 11.8. The zero-order chi connectivity index (χ0) is 14.8. The lowest BCUT2D eigenvalue weighted by atomic mass is 9.92. The molecule has 0 fully saturated rings. The molecule has 0 aromatic heterocycles. The van der Waals surface area contributed by atoms with E-state index in [1.54, 1.807) is 0 Å². The third-order valence-corrected chi connectivity index (χ3v) is 3.58. The number of methoxy groups -OCH3 is 2. The van der Waals surface area contributed by atoms with Crippen LogP contribution in [0, 0.1) is 11.8 Å². The SMILES string of the molecule is C=CCCC(CCC(C(=O)OC)C(=O)OC)C(=C)Br.